The molecule has 0 saturated heterocycles. The molecule has 1 aromatic carbocycles. The number of nitrogens with one attached hydrogen (secondary N) is 1. The molecule has 0 bridgehead atoms. The number of ether oxygens (including phenoxy) is 1. The first-order chi connectivity index (χ1) is 8.38. The standard InChI is InChI=1S/C10H9FN2O5/c1-5(14)12-8-7(11)4-3-6(10(15)18-2)9(8)13(16)17/h3-4H,1-2H3,(H,12,14). The Labute approximate surface area is 101 Å². The number of nitro benzene ring substituents is 1. The Balaban J connectivity index is 3.52. The Morgan fingerprint density at radius 3 is 2.50 bits per heavy atom. The van der Waals surface area contributed by atoms with E-state index in [1.54, 1.807) is 0 Å². The molecule has 0 saturated carbocycles. The summed E-state index contributed by atoms with van der Waals surface area (Å²) in [5.74, 6) is -2.70. The largest absolute Gasteiger partial charge is 0.465 e. The molecule has 1 N–H and O–H groups in total. The van der Waals surface area contributed by atoms with E-state index in [1.165, 1.54) is 0 Å². The maximum atomic E-state index is 13.4. The van der Waals surface area contributed by atoms with Crippen LogP contribution in [0.5, 0.6) is 0 Å². The quantitative estimate of drug-likeness (QED) is 0.501. The number of hydrogen-bond donors (Lipinski definition) is 1. The molecule has 1 amide bonds. The molecular formula is C10H9FN2O5. The van der Waals surface area contributed by atoms with Crippen molar-refractivity contribution in [3.63, 3.8) is 0 Å². The highest BCUT2D eigenvalue weighted by Gasteiger charge is 2.28. The topological polar surface area (TPSA) is 98.5 Å². The van der Waals surface area contributed by atoms with Gasteiger partial charge in [-0.3, -0.25) is 14.9 Å². The lowest BCUT2D eigenvalue weighted by atomic mass is 10.1. The first-order valence-corrected chi connectivity index (χ1v) is 4.71. The SMILES string of the molecule is COC(=O)c1ccc(F)c(NC(C)=O)c1[N+](=O)[O-]. The molecule has 8 heteroatoms. The summed E-state index contributed by atoms with van der Waals surface area (Å²) in [5, 5.41) is 12.9. The maximum absolute atomic E-state index is 13.4. The van der Waals surface area contributed by atoms with Gasteiger partial charge in [-0.2, -0.15) is 0 Å². The van der Waals surface area contributed by atoms with Gasteiger partial charge in [-0.05, 0) is 12.1 Å². The summed E-state index contributed by atoms with van der Waals surface area (Å²) in [6.07, 6.45) is 0. The molecule has 0 aromatic heterocycles. The molecule has 0 atom stereocenters. The highest BCUT2D eigenvalue weighted by Crippen LogP contribution is 2.31. The number of nitro groups is 1. The van der Waals surface area contributed by atoms with Crippen molar-refractivity contribution in [2.75, 3.05) is 12.4 Å². The molecule has 0 spiro atoms. The fourth-order valence-electron chi connectivity index (χ4n) is 1.33. The molecular weight excluding hydrogens is 247 g/mol. The van der Waals surface area contributed by atoms with Gasteiger partial charge in [0.15, 0.2) is 11.5 Å². The third-order valence-electron chi connectivity index (χ3n) is 2.02. The molecule has 0 aliphatic heterocycles. The van der Waals surface area contributed by atoms with Gasteiger partial charge in [0.05, 0.1) is 12.0 Å². The van der Waals surface area contributed by atoms with Gasteiger partial charge in [0.25, 0.3) is 0 Å². The van der Waals surface area contributed by atoms with E-state index in [0.29, 0.717) is 0 Å². The average Bonchev–Trinajstić information content (AvgIpc) is 2.29. The lowest BCUT2D eigenvalue weighted by Crippen LogP contribution is -2.13. The first-order valence-electron chi connectivity index (χ1n) is 4.71. The fourth-order valence-corrected chi connectivity index (χ4v) is 1.33. The monoisotopic (exact) mass is 256 g/mol. The number of benzene rings is 1. The van der Waals surface area contributed by atoms with Gasteiger partial charge in [-0.25, -0.2) is 9.18 Å². The van der Waals surface area contributed by atoms with Crippen LogP contribution in [0.2, 0.25) is 0 Å². The van der Waals surface area contributed by atoms with Gasteiger partial charge < -0.3 is 10.1 Å². The van der Waals surface area contributed by atoms with E-state index >= 15 is 0 Å². The summed E-state index contributed by atoms with van der Waals surface area (Å²) in [6, 6.07) is 1.76. The number of amides is 1. The van der Waals surface area contributed by atoms with Crippen LogP contribution >= 0.6 is 0 Å². The highest BCUT2D eigenvalue weighted by atomic mass is 19.1. The van der Waals surface area contributed by atoms with Crippen molar-refractivity contribution in [2.45, 2.75) is 6.92 Å². The molecule has 18 heavy (non-hydrogen) atoms. The number of esters is 1. The summed E-state index contributed by atoms with van der Waals surface area (Å²) < 4.78 is 17.8. The molecule has 0 aliphatic carbocycles. The van der Waals surface area contributed by atoms with Gasteiger partial charge in [0.2, 0.25) is 5.91 Å². The number of carbonyl (C=O) groups is 2. The van der Waals surface area contributed by atoms with Crippen LogP contribution in [-0.4, -0.2) is 23.9 Å². The second-order valence-electron chi connectivity index (χ2n) is 3.25. The molecule has 1 rings (SSSR count). The lowest BCUT2D eigenvalue weighted by Gasteiger charge is -2.08. The van der Waals surface area contributed by atoms with E-state index < -0.39 is 39.6 Å². The Hall–Kier alpha value is -2.51. The first kappa shape index (κ1) is 13.6. The van der Waals surface area contributed by atoms with Gasteiger partial charge in [0.1, 0.15) is 5.56 Å². The third kappa shape index (κ3) is 2.59. The van der Waals surface area contributed by atoms with E-state index in [1.807, 2.05) is 5.32 Å². The van der Waals surface area contributed by atoms with E-state index in [4.69, 9.17) is 0 Å². The van der Waals surface area contributed by atoms with Crippen LogP contribution in [0.3, 0.4) is 0 Å². The van der Waals surface area contributed by atoms with Crippen LogP contribution in [0, 0.1) is 15.9 Å². The summed E-state index contributed by atoms with van der Waals surface area (Å²) in [7, 11) is 1.04. The van der Waals surface area contributed by atoms with Crippen molar-refractivity contribution in [2.24, 2.45) is 0 Å². The number of halogens is 1. The van der Waals surface area contributed by atoms with Crippen LogP contribution in [0.15, 0.2) is 12.1 Å². The molecule has 0 aliphatic rings. The summed E-state index contributed by atoms with van der Waals surface area (Å²) in [6.45, 7) is 1.06. The summed E-state index contributed by atoms with van der Waals surface area (Å²) in [5.41, 5.74) is -1.93. The van der Waals surface area contributed by atoms with E-state index in [2.05, 4.69) is 4.74 Å². The number of rotatable bonds is 3. The Kier molecular flexibility index (Phi) is 3.93. The smallest absolute Gasteiger partial charge is 0.344 e. The van der Waals surface area contributed by atoms with Gasteiger partial charge in [-0.15, -0.1) is 0 Å². The highest BCUT2D eigenvalue weighted by molar-refractivity contribution is 6.00. The minimum absolute atomic E-state index is 0.437. The number of hydrogen-bond acceptors (Lipinski definition) is 5. The normalized spacial score (nSPS) is 9.72. The van der Waals surface area contributed by atoms with Crippen molar-refractivity contribution in [3.8, 4) is 0 Å². The molecule has 1 aromatic rings. The van der Waals surface area contributed by atoms with Crippen LogP contribution in [0.1, 0.15) is 17.3 Å². The van der Waals surface area contributed by atoms with Gasteiger partial charge in [-0.1, -0.05) is 0 Å². The third-order valence-corrected chi connectivity index (χ3v) is 2.02. The van der Waals surface area contributed by atoms with Crippen LogP contribution < -0.4 is 5.32 Å². The lowest BCUT2D eigenvalue weighted by molar-refractivity contribution is -0.384. The zero-order valence-electron chi connectivity index (χ0n) is 9.52. The Morgan fingerprint density at radius 1 is 1.44 bits per heavy atom. The average molecular weight is 256 g/mol. The number of methoxy groups -OCH3 is 1. The van der Waals surface area contributed by atoms with Crippen molar-refractivity contribution >= 4 is 23.3 Å². The fraction of sp³-hybridized carbons (Fsp3) is 0.200. The molecule has 0 unspecified atom stereocenters. The predicted molar refractivity (Wildman–Crippen MR) is 58.7 cm³/mol. The zero-order valence-corrected chi connectivity index (χ0v) is 9.52. The van der Waals surface area contributed by atoms with Crippen molar-refractivity contribution < 1.29 is 23.6 Å². The number of nitrogens with zero attached hydrogens (tertiary/aromatic N) is 1. The van der Waals surface area contributed by atoms with Gasteiger partial charge in [0, 0.05) is 6.92 Å². The van der Waals surface area contributed by atoms with Crippen molar-refractivity contribution in [1.29, 1.82) is 0 Å². The van der Waals surface area contributed by atoms with E-state index in [-0.39, 0.29) is 0 Å². The Bertz CT molecular complexity index is 529. The summed E-state index contributed by atoms with van der Waals surface area (Å²) >= 11 is 0. The number of carbonyl (C=O) groups excluding carboxylic acids is 2. The predicted octanol–water partition coefficient (Wildman–Crippen LogP) is 1.48. The van der Waals surface area contributed by atoms with Gasteiger partial charge >= 0.3 is 11.7 Å². The van der Waals surface area contributed by atoms with Crippen LogP contribution in [0.4, 0.5) is 15.8 Å². The van der Waals surface area contributed by atoms with E-state index in [9.17, 15) is 24.1 Å². The second kappa shape index (κ2) is 5.21. The Morgan fingerprint density at radius 2 is 2.06 bits per heavy atom. The molecule has 96 valence electrons. The van der Waals surface area contributed by atoms with Crippen molar-refractivity contribution in [3.05, 3.63) is 33.6 Å². The molecule has 0 heterocycles. The van der Waals surface area contributed by atoms with Crippen LogP contribution in [-0.2, 0) is 9.53 Å². The number of anilines is 1. The molecule has 7 nitrogen and oxygen atoms in total. The molecule has 0 radical (unpaired) electrons. The maximum Gasteiger partial charge on any atom is 0.344 e. The van der Waals surface area contributed by atoms with Crippen molar-refractivity contribution in [1.82, 2.24) is 0 Å². The minimum atomic E-state index is -1.01. The van der Waals surface area contributed by atoms with E-state index in [0.717, 1.165) is 26.2 Å². The minimum Gasteiger partial charge on any atom is -0.465 e. The van der Waals surface area contributed by atoms with Crippen LogP contribution in [0.25, 0.3) is 0 Å². The second-order valence-corrected chi connectivity index (χ2v) is 3.25. The summed E-state index contributed by atoms with van der Waals surface area (Å²) in [4.78, 5) is 32.1. The molecule has 0 fully saturated rings. The zero-order chi connectivity index (χ0) is 13.9.